The molecular weight excluding hydrogens is 256 g/mol. The van der Waals surface area contributed by atoms with E-state index in [4.69, 9.17) is 5.11 Å². The van der Waals surface area contributed by atoms with E-state index in [0.717, 1.165) is 24.6 Å². The van der Waals surface area contributed by atoms with Gasteiger partial charge in [-0.2, -0.15) is 4.98 Å². The van der Waals surface area contributed by atoms with E-state index in [0.29, 0.717) is 24.8 Å². The second kappa shape index (κ2) is 5.26. The monoisotopic (exact) mass is 276 g/mol. The molecule has 0 unspecified atom stereocenters. The zero-order valence-electron chi connectivity index (χ0n) is 11.7. The Kier molecular flexibility index (Phi) is 3.46. The van der Waals surface area contributed by atoms with Crippen LogP contribution in [0.5, 0.6) is 0 Å². The number of anilines is 2. The third-order valence-electron chi connectivity index (χ3n) is 3.92. The van der Waals surface area contributed by atoms with E-state index in [9.17, 15) is 4.79 Å². The lowest BCUT2D eigenvalue weighted by atomic mass is 9.97. The number of piperidine rings is 1. The zero-order valence-corrected chi connectivity index (χ0v) is 11.7. The van der Waals surface area contributed by atoms with Gasteiger partial charge in [-0.3, -0.25) is 4.79 Å². The van der Waals surface area contributed by atoms with Crippen molar-refractivity contribution in [2.45, 2.75) is 38.6 Å². The van der Waals surface area contributed by atoms with Crippen molar-refractivity contribution >= 4 is 17.7 Å². The molecule has 1 aliphatic carbocycles. The molecule has 1 aromatic rings. The second-order valence-electron chi connectivity index (χ2n) is 5.71. The number of hydrogen-bond acceptors (Lipinski definition) is 5. The molecule has 1 saturated carbocycles. The summed E-state index contributed by atoms with van der Waals surface area (Å²) in [6.45, 7) is 3.46. The summed E-state index contributed by atoms with van der Waals surface area (Å²) in [6, 6.07) is 2.50. The Bertz CT molecular complexity index is 508. The summed E-state index contributed by atoms with van der Waals surface area (Å²) < 4.78 is 0. The standard InChI is InChI=1S/C14H20N4O2/c1-9-8-12(17-14(15-9)16-11-2-3-11)18-6-4-10(5-7-18)13(19)20/h8,10-11H,2-7H2,1H3,(H,19,20)(H,15,16,17). The van der Waals surface area contributed by atoms with E-state index in [1.54, 1.807) is 0 Å². The van der Waals surface area contributed by atoms with Crippen LogP contribution in [0, 0.1) is 12.8 Å². The van der Waals surface area contributed by atoms with E-state index in [-0.39, 0.29) is 5.92 Å². The molecule has 2 aliphatic rings. The van der Waals surface area contributed by atoms with Crippen LogP contribution in [0.2, 0.25) is 0 Å². The minimum absolute atomic E-state index is 0.210. The first-order chi connectivity index (χ1) is 9.61. The molecule has 20 heavy (non-hydrogen) atoms. The van der Waals surface area contributed by atoms with Crippen molar-refractivity contribution in [3.8, 4) is 0 Å². The molecule has 1 saturated heterocycles. The van der Waals surface area contributed by atoms with Crippen LogP contribution in [-0.4, -0.2) is 40.2 Å². The number of nitrogens with one attached hydrogen (secondary N) is 1. The normalized spacial score (nSPS) is 19.9. The molecule has 2 fully saturated rings. The number of aromatic nitrogens is 2. The summed E-state index contributed by atoms with van der Waals surface area (Å²) in [5, 5.41) is 12.4. The van der Waals surface area contributed by atoms with Crippen molar-refractivity contribution in [1.29, 1.82) is 0 Å². The first-order valence-electron chi connectivity index (χ1n) is 7.22. The van der Waals surface area contributed by atoms with E-state index in [2.05, 4.69) is 20.2 Å². The summed E-state index contributed by atoms with van der Waals surface area (Å²) in [4.78, 5) is 22.1. The topological polar surface area (TPSA) is 78.4 Å². The maximum absolute atomic E-state index is 11.0. The van der Waals surface area contributed by atoms with Gasteiger partial charge >= 0.3 is 5.97 Å². The van der Waals surface area contributed by atoms with Gasteiger partial charge in [-0.25, -0.2) is 4.98 Å². The Morgan fingerprint density at radius 2 is 2.00 bits per heavy atom. The second-order valence-corrected chi connectivity index (χ2v) is 5.71. The van der Waals surface area contributed by atoms with Crippen LogP contribution in [0.4, 0.5) is 11.8 Å². The SMILES string of the molecule is Cc1cc(N2CCC(C(=O)O)CC2)nc(NC2CC2)n1. The van der Waals surface area contributed by atoms with Gasteiger partial charge in [0.2, 0.25) is 5.95 Å². The maximum Gasteiger partial charge on any atom is 0.306 e. The maximum atomic E-state index is 11.0. The van der Waals surface area contributed by atoms with Crippen LogP contribution in [0.1, 0.15) is 31.4 Å². The van der Waals surface area contributed by atoms with Crippen LogP contribution in [-0.2, 0) is 4.79 Å². The highest BCUT2D eigenvalue weighted by molar-refractivity contribution is 5.70. The van der Waals surface area contributed by atoms with Crippen LogP contribution in [0.25, 0.3) is 0 Å². The first-order valence-corrected chi connectivity index (χ1v) is 7.22. The van der Waals surface area contributed by atoms with E-state index in [1.165, 1.54) is 12.8 Å². The molecule has 0 spiro atoms. The average molecular weight is 276 g/mol. The number of rotatable bonds is 4. The predicted molar refractivity (Wildman–Crippen MR) is 76.0 cm³/mol. The first kappa shape index (κ1) is 13.1. The minimum atomic E-state index is -0.681. The molecule has 108 valence electrons. The van der Waals surface area contributed by atoms with Gasteiger partial charge in [0.15, 0.2) is 0 Å². The molecule has 6 nitrogen and oxygen atoms in total. The molecule has 6 heteroatoms. The molecule has 1 aliphatic heterocycles. The fourth-order valence-electron chi connectivity index (χ4n) is 2.54. The summed E-state index contributed by atoms with van der Waals surface area (Å²) in [5.74, 6) is 0.713. The van der Waals surface area contributed by atoms with Crippen molar-refractivity contribution in [2.75, 3.05) is 23.3 Å². The van der Waals surface area contributed by atoms with Gasteiger partial charge in [0.05, 0.1) is 5.92 Å². The molecule has 1 aromatic heterocycles. The Balaban J connectivity index is 1.70. The number of aliphatic carboxylic acids is 1. The lowest BCUT2D eigenvalue weighted by Crippen LogP contribution is -2.37. The Morgan fingerprint density at radius 1 is 1.30 bits per heavy atom. The van der Waals surface area contributed by atoms with Crippen molar-refractivity contribution < 1.29 is 9.90 Å². The van der Waals surface area contributed by atoms with E-state index < -0.39 is 5.97 Å². The molecule has 2 N–H and O–H groups in total. The number of hydrogen-bond donors (Lipinski definition) is 2. The molecule has 0 amide bonds. The Labute approximate surface area is 118 Å². The van der Waals surface area contributed by atoms with Gasteiger partial charge in [-0.1, -0.05) is 0 Å². The van der Waals surface area contributed by atoms with E-state index >= 15 is 0 Å². The molecule has 0 radical (unpaired) electrons. The smallest absolute Gasteiger partial charge is 0.306 e. The zero-order chi connectivity index (χ0) is 14.1. The summed E-state index contributed by atoms with van der Waals surface area (Å²) in [6.07, 6.45) is 3.75. The fourth-order valence-corrected chi connectivity index (χ4v) is 2.54. The van der Waals surface area contributed by atoms with Crippen LogP contribution in [0.3, 0.4) is 0 Å². The highest BCUT2D eigenvalue weighted by Crippen LogP contribution is 2.26. The van der Waals surface area contributed by atoms with Crippen molar-refractivity contribution in [1.82, 2.24) is 9.97 Å². The molecule has 3 rings (SSSR count). The molecule has 0 bridgehead atoms. The summed E-state index contributed by atoms with van der Waals surface area (Å²) in [7, 11) is 0. The van der Waals surface area contributed by atoms with Crippen LogP contribution in [0.15, 0.2) is 6.07 Å². The largest absolute Gasteiger partial charge is 0.481 e. The highest BCUT2D eigenvalue weighted by atomic mass is 16.4. The predicted octanol–water partition coefficient (Wildman–Crippen LogP) is 1.66. The van der Waals surface area contributed by atoms with Gasteiger partial charge in [0.25, 0.3) is 0 Å². The average Bonchev–Trinajstić information content (AvgIpc) is 3.22. The number of carboxylic acids is 1. The van der Waals surface area contributed by atoms with Gasteiger partial charge < -0.3 is 15.3 Å². The lowest BCUT2D eigenvalue weighted by molar-refractivity contribution is -0.142. The molecular formula is C14H20N4O2. The number of carboxylic acid groups (broad SMARTS) is 1. The van der Waals surface area contributed by atoms with Crippen molar-refractivity contribution in [3.05, 3.63) is 11.8 Å². The van der Waals surface area contributed by atoms with Crippen molar-refractivity contribution in [2.24, 2.45) is 5.92 Å². The van der Waals surface area contributed by atoms with Crippen LogP contribution < -0.4 is 10.2 Å². The van der Waals surface area contributed by atoms with Crippen molar-refractivity contribution in [3.63, 3.8) is 0 Å². The summed E-state index contributed by atoms with van der Waals surface area (Å²) >= 11 is 0. The minimum Gasteiger partial charge on any atom is -0.481 e. The van der Waals surface area contributed by atoms with Gasteiger partial charge in [0.1, 0.15) is 5.82 Å². The lowest BCUT2D eigenvalue weighted by Gasteiger charge is -2.31. The summed E-state index contributed by atoms with van der Waals surface area (Å²) in [5.41, 5.74) is 0.943. The van der Waals surface area contributed by atoms with Crippen LogP contribution >= 0.6 is 0 Å². The molecule has 0 aromatic carbocycles. The number of aryl methyl sites for hydroxylation is 1. The third-order valence-corrected chi connectivity index (χ3v) is 3.92. The van der Waals surface area contributed by atoms with E-state index in [1.807, 2.05) is 13.0 Å². The Morgan fingerprint density at radius 3 is 2.60 bits per heavy atom. The third kappa shape index (κ3) is 3.00. The molecule has 2 heterocycles. The van der Waals surface area contributed by atoms with Gasteiger partial charge in [-0.15, -0.1) is 0 Å². The quantitative estimate of drug-likeness (QED) is 0.870. The van der Waals surface area contributed by atoms with Gasteiger partial charge in [-0.05, 0) is 32.6 Å². The highest BCUT2D eigenvalue weighted by Gasteiger charge is 2.26. The Hall–Kier alpha value is -1.85. The van der Waals surface area contributed by atoms with Gasteiger partial charge in [0, 0.05) is 30.9 Å². The molecule has 0 atom stereocenters. The number of carbonyl (C=O) groups is 1. The fraction of sp³-hybridized carbons (Fsp3) is 0.643. The number of nitrogens with zero attached hydrogens (tertiary/aromatic N) is 3.